The largest absolute Gasteiger partial charge is 0.360 e. The molecule has 0 radical (unpaired) electrons. The number of benzene rings is 1. The van der Waals surface area contributed by atoms with E-state index in [4.69, 9.17) is 0 Å². The number of hydrogen-bond acceptors (Lipinski definition) is 2. The Hall–Kier alpha value is -1.75. The van der Waals surface area contributed by atoms with Crippen molar-refractivity contribution in [2.24, 2.45) is 5.73 Å². The summed E-state index contributed by atoms with van der Waals surface area (Å²) in [6, 6.07) is 11.0. The number of nitrogens with two attached hydrogens (primary N) is 1. The molecule has 0 heterocycles. The maximum absolute atomic E-state index is 10.6. The first-order chi connectivity index (χ1) is 5.72. The van der Waals surface area contributed by atoms with Crippen molar-refractivity contribution in [2.75, 3.05) is 0 Å². The summed E-state index contributed by atoms with van der Waals surface area (Å²) < 4.78 is 0. The van der Waals surface area contributed by atoms with E-state index in [9.17, 15) is 4.79 Å². The predicted molar refractivity (Wildman–Crippen MR) is 49.5 cm³/mol. The molecule has 0 aliphatic rings. The molecular formula is C10H11NO. The molecule has 1 rings (SSSR count). The van der Waals surface area contributed by atoms with Crippen molar-refractivity contribution in [3.8, 4) is 12.5 Å². The zero-order valence-electron chi connectivity index (χ0n) is 6.95. The van der Waals surface area contributed by atoms with Gasteiger partial charge in [-0.05, 0) is 13.0 Å². The maximum Gasteiger partial charge on any atom is 0.159 e. The van der Waals surface area contributed by atoms with Crippen molar-refractivity contribution in [3.05, 3.63) is 35.9 Å². The zero-order valence-corrected chi connectivity index (χ0v) is 6.95. The number of hydrogen-bond donors (Lipinski definition) is 1. The van der Waals surface area contributed by atoms with Crippen LogP contribution in [0.25, 0.3) is 0 Å². The summed E-state index contributed by atoms with van der Waals surface area (Å²) in [5.74, 6) is 0.121. The number of carbonyl (C=O) groups excluding carboxylic acids is 1. The third kappa shape index (κ3) is 4.13. The molecular weight excluding hydrogens is 150 g/mol. The maximum atomic E-state index is 10.6. The van der Waals surface area contributed by atoms with Crippen LogP contribution in [0.4, 0.5) is 0 Å². The summed E-state index contributed by atoms with van der Waals surface area (Å²) in [5, 5.41) is 0. The van der Waals surface area contributed by atoms with Gasteiger partial charge in [-0.3, -0.25) is 4.79 Å². The molecule has 62 valence electrons. The van der Waals surface area contributed by atoms with Gasteiger partial charge in [-0.25, -0.2) is 0 Å². The molecule has 2 heteroatoms. The van der Waals surface area contributed by atoms with Gasteiger partial charge in [0.25, 0.3) is 0 Å². The molecule has 2 nitrogen and oxygen atoms in total. The highest BCUT2D eigenvalue weighted by molar-refractivity contribution is 5.93. The van der Waals surface area contributed by atoms with E-state index in [0.717, 1.165) is 5.56 Å². The van der Waals surface area contributed by atoms with Gasteiger partial charge in [0, 0.05) is 5.56 Å². The second kappa shape index (κ2) is 5.99. The third-order valence-electron chi connectivity index (χ3n) is 1.18. The fourth-order valence-electron chi connectivity index (χ4n) is 0.673. The lowest BCUT2D eigenvalue weighted by atomic mass is 10.2. The standard InChI is InChI=1S/C8H8O.C2H3N/c1-7(9)8-5-3-2-4-6-8;1-2-3/h2-6H,1H3;1H,3H2. The Kier molecular flexibility index (Phi) is 5.12. The monoisotopic (exact) mass is 161 g/mol. The first kappa shape index (κ1) is 10.2. The summed E-state index contributed by atoms with van der Waals surface area (Å²) >= 11 is 0. The molecule has 0 amide bonds. The topological polar surface area (TPSA) is 43.1 Å². The normalized spacial score (nSPS) is 7.33. The Labute approximate surface area is 72.4 Å². The Morgan fingerprint density at radius 1 is 1.42 bits per heavy atom. The SMILES string of the molecule is C#CN.CC(=O)c1ccccc1. The van der Waals surface area contributed by atoms with Gasteiger partial charge < -0.3 is 5.73 Å². The number of terminal acetylenes is 1. The summed E-state index contributed by atoms with van der Waals surface area (Å²) in [7, 11) is 0. The van der Waals surface area contributed by atoms with Crippen LogP contribution in [0, 0.1) is 12.5 Å². The molecule has 0 spiro atoms. The van der Waals surface area contributed by atoms with Crippen LogP contribution in [0.5, 0.6) is 0 Å². The van der Waals surface area contributed by atoms with Crippen LogP contribution >= 0.6 is 0 Å². The summed E-state index contributed by atoms with van der Waals surface area (Å²) in [6.45, 7) is 1.56. The third-order valence-corrected chi connectivity index (χ3v) is 1.18. The molecule has 0 aromatic heterocycles. The van der Waals surface area contributed by atoms with Crippen LogP contribution in [0.15, 0.2) is 30.3 Å². The van der Waals surface area contributed by atoms with E-state index in [0.29, 0.717) is 0 Å². The van der Waals surface area contributed by atoms with Gasteiger partial charge in [0.05, 0.1) is 0 Å². The fraction of sp³-hybridized carbons (Fsp3) is 0.100. The minimum absolute atomic E-state index is 0.121. The van der Waals surface area contributed by atoms with E-state index in [-0.39, 0.29) is 5.78 Å². The van der Waals surface area contributed by atoms with Crippen molar-refractivity contribution < 1.29 is 4.79 Å². The van der Waals surface area contributed by atoms with Crippen LogP contribution in [-0.4, -0.2) is 5.78 Å². The Morgan fingerprint density at radius 2 is 1.83 bits per heavy atom. The lowest BCUT2D eigenvalue weighted by molar-refractivity contribution is 0.101. The predicted octanol–water partition coefficient (Wildman–Crippen LogP) is 1.43. The van der Waals surface area contributed by atoms with Crippen molar-refractivity contribution in [1.29, 1.82) is 0 Å². The number of rotatable bonds is 1. The molecule has 1 aromatic carbocycles. The number of Topliss-reactive ketones (excluding diaryl/α,β-unsaturated/α-hetero) is 1. The van der Waals surface area contributed by atoms with Gasteiger partial charge in [0.15, 0.2) is 5.78 Å². The van der Waals surface area contributed by atoms with E-state index in [2.05, 4.69) is 12.2 Å². The van der Waals surface area contributed by atoms with Crippen LogP contribution in [0.2, 0.25) is 0 Å². The number of ketones is 1. The summed E-state index contributed by atoms with van der Waals surface area (Å²) in [5.41, 5.74) is 5.15. The Balaban J connectivity index is 0.000000354. The van der Waals surface area contributed by atoms with Gasteiger partial charge in [0.1, 0.15) is 0 Å². The fourth-order valence-corrected chi connectivity index (χ4v) is 0.673. The minimum atomic E-state index is 0.121. The molecule has 1 aromatic rings. The van der Waals surface area contributed by atoms with Crippen molar-refractivity contribution in [2.45, 2.75) is 6.92 Å². The first-order valence-corrected chi connectivity index (χ1v) is 3.44. The zero-order chi connectivity index (χ0) is 9.40. The van der Waals surface area contributed by atoms with Crippen molar-refractivity contribution in [3.63, 3.8) is 0 Å². The summed E-state index contributed by atoms with van der Waals surface area (Å²) in [6.07, 6.45) is 4.38. The van der Waals surface area contributed by atoms with Crippen LogP contribution in [-0.2, 0) is 0 Å². The Morgan fingerprint density at radius 3 is 2.08 bits per heavy atom. The second-order valence-electron chi connectivity index (χ2n) is 2.09. The molecule has 0 aliphatic heterocycles. The highest BCUT2D eigenvalue weighted by Crippen LogP contribution is 1.97. The highest BCUT2D eigenvalue weighted by atomic mass is 16.1. The van der Waals surface area contributed by atoms with E-state index in [1.54, 1.807) is 13.0 Å². The van der Waals surface area contributed by atoms with E-state index in [1.807, 2.05) is 30.3 Å². The van der Waals surface area contributed by atoms with E-state index >= 15 is 0 Å². The first-order valence-electron chi connectivity index (χ1n) is 3.44. The van der Waals surface area contributed by atoms with Crippen molar-refractivity contribution in [1.82, 2.24) is 0 Å². The highest BCUT2D eigenvalue weighted by Gasteiger charge is 1.92. The van der Waals surface area contributed by atoms with Crippen LogP contribution in [0.1, 0.15) is 17.3 Å². The molecule has 0 unspecified atom stereocenters. The second-order valence-corrected chi connectivity index (χ2v) is 2.09. The lowest BCUT2D eigenvalue weighted by Gasteiger charge is -1.89. The molecule has 0 aliphatic carbocycles. The molecule has 2 N–H and O–H groups in total. The van der Waals surface area contributed by atoms with Gasteiger partial charge in [0.2, 0.25) is 0 Å². The van der Waals surface area contributed by atoms with Crippen LogP contribution in [0.3, 0.4) is 0 Å². The lowest BCUT2D eigenvalue weighted by Crippen LogP contribution is -1.88. The van der Waals surface area contributed by atoms with Gasteiger partial charge >= 0.3 is 0 Å². The van der Waals surface area contributed by atoms with Gasteiger partial charge in [-0.1, -0.05) is 36.8 Å². The molecule has 0 saturated carbocycles. The van der Waals surface area contributed by atoms with Gasteiger partial charge in [-0.2, -0.15) is 0 Å². The van der Waals surface area contributed by atoms with Crippen LogP contribution < -0.4 is 5.73 Å². The molecule has 0 fully saturated rings. The summed E-state index contributed by atoms with van der Waals surface area (Å²) in [4.78, 5) is 10.6. The molecule has 0 atom stereocenters. The van der Waals surface area contributed by atoms with Gasteiger partial charge in [-0.15, -0.1) is 0 Å². The Bertz CT molecular complexity index is 272. The average Bonchev–Trinajstić information content (AvgIpc) is 2.07. The van der Waals surface area contributed by atoms with E-state index in [1.165, 1.54) is 0 Å². The molecule has 0 bridgehead atoms. The quantitative estimate of drug-likeness (QED) is 0.384. The molecule has 12 heavy (non-hydrogen) atoms. The smallest absolute Gasteiger partial charge is 0.159 e. The minimum Gasteiger partial charge on any atom is -0.360 e. The average molecular weight is 161 g/mol. The molecule has 0 saturated heterocycles. The van der Waals surface area contributed by atoms with E-state index < -0.39 is 0 Å². The van der Waals surface area contributed by atoms with Crippen molar-refractivity contribution >= 4 is 5.78 Å². The number of carbonyl (C=O) groups is 1.